The SMILES string of the molecule is CCC[NH+]1CCc2c(sc3c2c(N[C@@H](CC)CO)nc2nnnn23)C1. The zero-order valence-corrected chi connectivity index (χ0v) is 15.4. The number of aliphatic hydroxyl groups is 1. The molecule has 8 nitrogen and oxygen atoms in total. The molecule has 25 heavy (non-hydrogen) atoms. The first-order chi connectivity index (χ1) is 12.2. The molecular weight excluding hydrogens is 338 g/mol. The van der Waals surface area contributed by atoms with E-state index in [1.165, 1.54) is 23.4 Å². The maximum atomic E-state index is 9.58. The van der Waals surface area contributed by atoms with Crippen molar-refractivity contribution in [3.63, 3.8) is 0 Å². The van der Waals surface area contributed by atoms with Gasteiger partial charge >= 0.3 is 0 Å². The molecule has 0 amide bonds. The first-order valence-corrected chi connectivity index (χ1v) is 9.80. The third kappa shape index (κ3) is 2.86. The maximum absolute atomic E-state index is 9.58. The lowest BCUT2D eigenvalue weighted by Crippen LogP contribution is -3.11. The summed E-state index contributed by atoms with van der Waals surface area (Å²) in [7, 11) is 0. The Hall–Kier alpha value is -1.84. The molecule has 0 radical (unpaired) electrons. The molecule has 1 aliphatic heterocycles. The zero-order valence-electron chi connectivity index (χ0n) is 14.6. The summed E-state index contributed by atoms with van der Waals surface area (Å²) in [6, 6.07) is -0.0182. The summed E-state index contributed by atoms with van der Waals surface area (Å²) >= 11 is 1.78. The largest absolute Gasteiger partial charge is 0.394 e. The van der Waals surface area contributed by atoms with Crippen LogP contribution in [0.3, 0.4) is 0 Å². The van der Waals surface area contributed by atoms with E-state index >= 15 is 0 Å². The number of hydrogen-bond donors (Lipinski definition) is 3. The van der Waals surface area contributed by atoms with Crippen molar-refractivity contribution in [3.05, 3.63) is 10.4 Å². The number of anilines is 1. The number of nitrogens with zero attached hydrogens (tertiary/aromatic N) is 5. The molecule has 2 atom stereocenters. The fourth-order valence-electron chi connectivity index (χ4n) is 3.60. The van der Waals surface area contributed by atoms with Crippen LogP contribution in [-0.2, 0) is 13.0 Å². The normalized spacial score (nSPS) is 18.6. The number of hydrogen-bond acceptors (Lipinski definition) is 7. The summed E-state index contributed by atoms with van der Waals surface area (Å²) in [5.74, 6) is 1.30. The van der Waals surface area contributed by atoms with Crippen LogP contribution in [0.5, 0.6) is 0 Å². The summed E-state index contributed by atoms with van der Waals surface area (Å²) in [4.78, 5) is 8.74. The van der Waals surface area contributed by atoms with Gasteiger partial charge in [0, 0.05) is 6.42 Å². The molecule has 0 saturated heterocycles. The van der Waals surface area contributed by atoms with Crippen molar-refractivity contribution in [2.24, 2.45) is 0 Å². The summed E-state index contributed by atoms with van der Waals surface area (Å²) in [5, 5.41) is 26.1. The monoisotopic (exact) mass is 362 g/mol. The van der Waals surface area contributed by atoms with Gasteiger partial charge in [0.1, 0.15) is 17.2 Å². The van der Waals surface area contributed by atoms with E-state index < -0.39 is 0 Å². The average molecular weight is 362 g/mol. The van der Waals surface area contributed by atoms with Crippen LogP contribution in [0, 0.1) is 0 Å². The second-order valence-electron chi connectivity index (χ2n) is 6.64. The highest BCUT2D eigenvalue weighted by Crippen LogP contribution is 2.36. The lowest BCUT2D eigenvalue weighted by molar-refractivity contribution is -0.915. The molecule has 1 unspecified atom stereocenters. The van der Waals surface area contributed by atoms with Crippen molar-refractivity contribution < 1.29 is 10.0 Å². The van der Waals surface area contributed by atoms with Crippen LogP contribution >= 0.6 is 11.3 Å². The number of fused-ring (bicyclic) bond motifs is 5. The van der Waals surface area contributed by atoms with Crippen LogP contribution < -0.4 is 10.2 Å². The molecular formula is C16H24N7OS+. The molecule has 4 rings (SSSR count). The van der Waals surface area contributed by atoms with Crippen molar-refractivity contribution in [1.29, 1.82) is 0 Å². The molecule has 3 aromatic rings. The number of rotatable bonds is 6. The van der Waals surface area contributed by atoms with E-state index in [2.05, 4.69) is 39.7 Å². The fraction of sp³-hybridized carbons (Fsp3) is 0.625. The molecule has 0 fully saturated rings. The number of aromatic nitrogens is 5. The maximum Gasteiger partial charge on any atom is 0.276 e. The minimum absolute atomic E-state index is 0.0182. The summed E-state index contributed by atoms with van der Waals surface area (Å²) in [6.45, 7) is 7.79. The van der Waals surface area contributed by atoms with E-state index in [1.54, 1.807) is 20.8 Å². The lowest BCUT2D eigenvalue weighted by atomic mass is 10.0. The predicted octanol–water partition coefficient (Wildman–Crippen LogP) is 0.268. The number of quaternary nitrogens is 1. The molecule has 3 N–H and O–H groups in total. The van der Waals surface area contributed by atoms with Gasteiger partial charge in [-0.3, -0.25) is 0 Å². The minimum atomic E-state index is -0.0182. The van der Waals surface area contributed by atoms with E-state index in [4.69, 9.17) is 0 Å². The molecule has 0 bridgehead atoms. The fourth-order valence-corrected chi connectivity index (χ4v) is 4.96. The average Bonchev–Trinajstić information content (AvgIpc) is 3.23. The molecule has 1 aliphatic rings. The molecule has 134 valence electrons. The van der Waals surface area contributed by atoms with Gasteiger partial charge in [0.2, 0.25) is 0 Å². The van der Waals surface area contributed by atoms with Crippen molar-refractivity contribution in [2.45, 2.75) is 45.7 Å². The van der Waals surface area contributed by atoms with E-state index in [0.29, 0.717) is 5.78 Å². The Morgan fingerprint density at radius 2 is 2.28 bits per heavy atom. The zero-order chi connectivity index (χ0) is 17.4. The number of nitrogens with one attached hydrogen (secondary N) is 2. The predicted molar refractivity (Wildman–Crippen MR) is 97.1 cm³/mol. The Morgan fingerprint density at radius 1 is 1.40 bits per heavy atom. The Kier molecular flexibility index (Phi) is 4.53. The Balaban J connectivity index is 1.86. The van der Waals surface area contributed by atoms with Gasteiger partial charge in [0.05, 0.1) is 36.0 Å². The second-order valence-corrected chi connectivity index (χ2v) is 7.73. The third-order valence-corrected chi connectivity index (χ3v) is 6.17. The Morgan fingerprint density at radius 3 is 3.04 bits per heavy atom. The van der Waals surface area contributed by atoms with Gasteiger partial charge in [-0.25, -0.2) is 0 Å². The van der Waals surface area contributed by atoms with E-state index in [9.17, 15) is 5.11 Å². The Labute approximate surface area is 149 Å². The first-order valence-electron chi connectivity index (χ1n) is 8.98. The number of tetrazole rings is 1. The minimum Gasteiger partial charge on any atom is -0.394 e. The number of aliphatic hydroxyl groups excluding tert-OH is 1. The van der Waals surface area contributed by atoms with Gasteiger partial charge in [-0.15, -0.1) is 11.3 Å². The molecule has 9 heteroatoms. The molecule has 4 heterocycles. The Bertz CT molecular complexity index is 885. The highest BCUT2D eigenvalue weighted by molar-refractivity contribution is 7.19. The van der Waals surface area contributed by atoms with Gasteiger partial charge in [-0.1, -0.05) is 18.9 Å². The standard InChI is InChI=1S/C16H23N7OS/c1-3-6-22-7-5-11-12(8-22)25-15-13(11)14(17-10(4-2)9-24)18-16-19-20-21-23(15)16/h10,24H,3-9H2,1-2H3,(H,17,18,19,21)/p+1/t10-/m0/s1. The van der Waals surface area contributed by atoms with Crippen molar-refractivity contribution in [1.82, 2.24) is 25.0 Å². The lowest BCUT2D eigenvalue weighted by Gasteiger charge is -2.23. The van der Waals surface area contributed by atoms with Crippen LogP contribution in [0.1, 0.15) is 37.1 Å². The van der Waals surface area contributed by atoms with Crippen LogP contribution in [0.25, 0.3) is 16.0 Å². The highest BCUT2D eigenvalue weighted by atomic mass is 32.1. The topological polar surface area (TPSA) is 92.7 Å². The molecule has 0 aliphatic carbocycles. The molecule has 0 spiro atoms. The van der Waals surface area contributed by atoms with Crippen LogP contribution in [0.2, 0.25) is 0 Å². The van der Waals surface area contributed by atoms with E-state index in [-0.39, 0.29) is 12.6 Å². The van der Waals surface area contributed by atoms with E-state index in [0.717, 1.165) is 42.0 Å². The third-order valence-electron chi connectivity index (χ3n) is 4.96. The first kappa shape index (κ1) is 16.6. The van der Waals surface area contributed by atoms with Crippen molar-refractivity contribution >= 4 is 33.1 Å². The smallest absolute Gasteiger partial charge is 0.276 e. The van der Waals surface area contributed by atoms with Crippen LogP contribution in [-0.4, -0.2) is 55.9 Å². The van der Waals surface area contributed by atoms with Crippen molar-refractivity contribution in [2.75, 3.05) is 25.0 Å². The van der Waals surface area contributed by atoms with Gasteiger partial charge in [0.25, 0.3) is 5.78 Å². The van der Waals surface area contributed by atoms with Gasteiger partial charge in [-0.05, 0) is 28.8 Å². The quantitative estimate of drug-likeness (QED) is 0.583. The van der Waals surface area contributed by atoms with Crippen molar-refractivity contribution in [3.8, 4) is 0 Å². The van der Waals surface area contributed by atoms with Gasteiger partial charge in [0.15, 0.2) is 0 Å². The van der Waals surface area contributed by atoms with Crippen LogP contribution in [0.15, 0.2) is 0 Å². The van der Waals surface area contributed by atoms with E-state index in [1.807, 2.05) is 0 Å². The summed E-state index contributed by atoms with van der Waals surface area (Å²) in [5.41, 5.74) is 1.38. The number of thiophene rings is 1. The second kappa shape index (κ2) is 6.81. The van der Waals surface area contributed by atoms with Gasteiger partial charge in [-0.2, -0.15) is 9.50 Å². The highest BCUT2D eigenvalue weighted by Gasteiger charge is 2.27. The summed E-state index contributed by atoms with van der Waals surface area (Å²) in [6.07, 6.45) is 3.08. The van der Waals surface area contributed by atoms with Crippen LogP contribution in [0.4, 0.5) is 5.82 Å². The molecule has 0 saturated carbocycles. The van der Waals surface area contributed by atoms with Gasteiger partial charge < -0.3 is 15.3 Å². The molecule has 3 aromatic heterocycles. The molecule has 0 aromatic carbocycles. The summed E-state index contributed by atoms with van der Waals surface area (Å²) < 4.78 is 1.74.